The minimum atomic E-state index is -3.67. The minimum Gasteiger partial charge on any atom is -0.269 e. The van der Waals surface area contributed by atoms with E-state index in [4.69, 9.17) is 0 Å². The van der Waals surface area contributed by atoms with Gasteiger partial charge in [0.25, 0.3) is 0 Å². The van der Waals surface area contributed by atoms with Crippen LogP contribution in [-0.2, 0) is 0 Å². The fourth-order valence-corrected chi connectivity index (χ4v) is 9.00. The molecule has 6 heteroatoms. The first kappa shape index (κ1) is 33.7. The summed E-state index contributed by atoms with van der Waals surface area (Å²) in [4.78, 5) is 0. The van der Waals surface area contributed by atoms with E-state index in [0.717, 1.165) is 0 Å². The molecule has 2 rings (SSSR count). The summed E-state index contributed by atoms with van der Waals surface area (Å²) >= 11 is 0. The summed E-state index contributed by atoms with van der Waals surface area (Å²) < 4.78 is 29.0. The number of benzene rings is 2. The van der Waals surface area contributed by atoms with Crippen LogP contribution in [0.2, 0.25) is 0 Å². The molecule has 198 valence electrons. The molecule has 0 aliphatic carbocycles. The van der Waals surface area contributed by atoms with Gasteiger partial charge in [0, 0.05) is 0 Å². The van der Waals surface area contributed by atoms with Crippen LogP contribution >= 0.6 is 7.92 Å². The molecular formula is C29H46BF4P. The van der Waals surface area contributed by atoms with Crippen molar-refractivity contribution in [3.8, 4) is 11.1 Å². The molecule has 2 aromatic rings. The lowest BCUT2D eigenvalue weighted by Gasteiger charge is -2.43. The Morgan fingerprint density at radius 2 is 1.06 bits per heavy atom. The first-order chi connectivity index (χ1) is 15.4. The van der Waals surface area contributed by atoms with E-state index >= 15 is 0 Å². The standard InChI is InChI=1S/C29H45P.BF3.FH/c1-19(2)22-17-24(20(3)4)27(25(18-22)21(5)6)23-15-13-14-16-26(23)30(28(7,8)9)29(10,11)12;2-1(3)4;/h13-21H,1-12H3;;1H. The van der Waals surface area contributed by atoms with Gasteiger partial charge in [-0.1, -0.05) is 127 Å². The Bertz CT molecular complexity index is 879. The van der Waals surface area contributed by atoms with E-state index in [-0.39, 0.29) is 22.9 Å². The molecule has 0 N–H and O–H groups in total. The zero-order chi connectivity index (χ0) is 26.6. The molecule has 2 aromatic carbocycles. The van der Waals surface area contributed by atoms with Crippen LogP contribution in [-0.4, -0.2) is 17.9 Å². The summed E-state index contributed by atoms with van der Waals surface area (Å²) in [7, 11) is -4.03. The predicted octanol–water partition coefficient (Wildman–Crippen LogP) is 10.5. The van der Waals surface area contributed by atoms with Crippen molar-refractivity contribution in [3.63, 3.8) is 0 Å². The van der Waals surface area contributed by atoms with E-state index in [9.17, 15) is 12.9 Å². The highest BCUT2D eigenvalue weighted by Gasteiger charge is 2.37. The van der Waals surface area contributed by atoms with Crippen LogP contribution < -0.4 is 5.30 Å². The normalized spacial score (nSPS) is 12.1. The Morgan fingerprint density at radius 1 is 0.686 bits per heavy atom. The molecule has 0 unspecified atom stereocenters. The maximum atomic E-state index is 9.67. The third-order valence-electron chi connectivity index (χ3n) is 5.89. The summed E-state index contributed by atoms with van der Waals surface area (Å²) in [6, 6.07) is 14.3. The molecule has 35 heavy (non-hydrogen) atoms. The highest BCUT2D eigenvalue weighted by atomic mass is 31.1. The van der Waals surface area contributed by atoms with Crippen LogP contribution in [0.1, 0.15) is 118 Å². The Kier molecular flexibility index (Phi) is 12.8. The number of hydrogen-bond donors (Lipinski definition) is 0. The molecule has 0 aliphatic rings. The molecule has 0 nitrogen and oxygen atoms in total. The Hall–Kier alpha value is -1.35. The van der Waals surface area contributed by atoms with Gasteiger partial charge in [0.1, 0.15) is 0 Å². The molecular weight excluding hydrogens is 466 g/mol. The number of rotatable bonds is 5. The molecule has 0 amide bonds. The largest absolute Gasteiger partial charge is 0.762 e. The van der Waals surface area contributed by atoms with E-state index in [2.05, 4.69) is 119 Å². The maximum absolute atomic E-state index is 9.67. The Balaban J connectivity index is 0.00000214. The smallest absolute Gasteiger partial charge is 0.269 e. The first-order valence-corrected chi connectivity index (χ1v) is 13.7. The Morgan fingerprint density at radius 3 is 1.37 bits per heavy atom. The second-order valence-electron chi connectivity index (χ2n) is 12.0. The van der Waals surface area contributed by atoms with Gasteiger partial charge >= 0.3 is 7.54 Å². The third kappa shape index (κ3) is 9.23. The zero-order valence-electron chi connectivity index (χ0n) is 23.8. The number of halogens is 4. The van der Waals surface area contributed by atoms with Crippen molar-refractivity contribution >= 4 is 20.8 Å². The minimum absolute atomic E-state index is 0. The maximum Gasteiger partial charge on any atom is 0.762 e. The first-order valence-electron chi connectivity index (χ1n) is 12.4. The lowest BCUT2D eigenvalue weighted by molar-refractivity contribution is 0.535. The second kappa shape index (κ2) is 13.3. The quantitative estimate of drug-likeness (QED) is 0.212. The lowest BCUT2D eigenvalue weighted by atomic mass is 9.82. The molecule has 0 fully saturated rings. The van der Waals surface area contributed by atoms with Crippen molar-refractivity contribution in [2.45, 2.75) is 111 Å². The van der Waals surface area contributed by atoms with Crippen LogP contribution in [0.5, 0.6) is 0 Å². The highest BCUT2D eigenvalue weighted by molar-refractivity contribution is 7.68. The molecule has 0 atom stereocenters. The second-order valence-corrected chi connectivity index (χ2v) is 15.8. The van der Waals surface area contributed by atoms with Crippen LogP contribution in [0.15, 0.2) is 36.4 Å². The third-order valence-corrected chi connectivity index (χ3v) is 9.44. The van der Waals surface area contributed by atoms with Crippen LogP contribution in [0, 0.1) is 0 Å². The van der Waals surface area contributed by atoms with Gasteiger partial charge in [0.15, 0.2) is 0 Å². The van der Waals surface area contributed by atoms with E-state index in [1.54, 1.807) is 5.30 Å². The highest BCUT2D eigenvalue weighted by Crippen LogP contribution is 2.59. The fourth-order valence-electron chi connectivity index (χ4n) is 4.88. The van der Waals surface area contributed by atoms with E-state index < -0.39 is 7.54 Å². The molecule has 0 aromatic heterocycles. The van der Waals surface area contributed by atoms with Crippen molar-refractivity contribution in [1.82, 2.24) is 0 Å². The van der Waals surface area contributed by atoms with Crippen molar-refractivity contribution in [2.24, 2.45) is 0 Å². The van der Waals surface area contributed by atoms with Gasteiger partial charge in [-0.15, -0.1) is 0 Å². The van der Waals surface area contributed by atoms with E-state index in [0.29, 0.717) is 17.8 Å². The summed E-state index contributed by atoms with van der Waals surface area (Å²) in [5.74, 6) is 1.55. The monoisotopic (exact) mass is 512 g/mol. The summed E-state index contributed by atoms with van der Waals surface area (Å²) in [5.41, 5.74) is 7.46. The van der Waals surface area contributed by atoms with Gasteiger partial charge in [-0.3, -0.25) is 17.7 Å². The van der Waals surface area contributed by atoms with Crippen LogP contribution in [0.4, 0.5) is 17.7 Å². The van der Waals surface area contributed by atoms with Gasteiger partial charge in [0.2, 0.25) is 0 Å². The predicted molar refractivity (Wildman–Crippen MR) is 152 cm³/mol. The van der Waals surface area contributed by atoms with Crippen molar-refractivity contribution in [2.75, 3.05) is 0 Å². The average molecular weight is 512 g/mol. The lowest BCUT2D eigenvalue weighted by Crippen LogP contribution is -2.32. The van der Waals surface area contributed by atoms with Gasteiger partial charge in [-0.25, -0.2) is 0 Å². The molecule has 0 radical (unpaired) electrons. The summed E-state index contributed by atoms with van der Waals surface area (Å²) in [5, 5.41) is 2.06. The van der Waals surface area contributed by atoms with Gasteiger partial charge in [-0.2, -0.15) is 0 Å². The molecule has 0 aliphatic heterocycles. The fraction of sp³-hybridized carbons (Fsp3) is 0.586. The van der Waals surface area contributed by atoms with Gasteiger partial charge < -0.3 is 0 Å². The van der Waals surface area contributed by atoms with Gasteiger partial charge in [-0.05, 0) is 61.2 Å². The molecule has 0 spiro atoms. The van der Waals surface area contributed by atoms with E-state index in [1.807, 2.05) is 0 Å². The zero-order valence-corrected chi connectivity index (χ0v) is 24.7. The SMILES string of the molecule is CC(C)c1cc(C(C)C)c(-c2ccccc2P(C(C)(C)C)C(C)(C)C)c(C(C)C)c1.F.FB(F)F. The molecule has 0 heterocycles. The average Bonchev–Trinajstić information content (AvgIpc) is 2.64. The van der Waals surface area contributed by atoms with E-state index in [1.165, 1.54) is 27.8 Å². The van der Waals surface area contributed by atoms with Gasteiger partial charge in [0.05, 0.1) is 0 Å². The van der Waals surface area contributed by atoms with Crippen LogP contribution in [0.25, 0.3) is 11.1 Å². The van der Waals surface area contributed by atoms with Crippen molar-refractivity contribution < 1.29 is 17.7 Å². The summed E-state index contributed by atoms with van der Waals surface area (Å²) in [6.07, 6.45) is 0. The topological polar surface area (TPSA) is 0 Å². The van der Waals surface area contributed by atoms with Crippen LogP contribution in [0.3, 0.4) is 0 Å². The van der Waals surface area contributed by atoms with Crippen molar-refractivity contribution in [1.29, 1.82) is 0 Å². The molecule has 0 bridgehead atoms. The molecule has 0 saturated carbocycles. The summed E-state index contributed by atoms with van der Waals surface area (Å²) in [6.45, 7) is 28.6. The molecule has 0 saturated heterocycles. The Labute approximate surface area is 213 Å². The van der Waals surface area contributed by atoms with Crippen molar-refractivity contribution in [3.05, 3.63) is 53.1 Å². The number of hydrogen-bond acceptors (Lipinski definition) is 0.